The number of carboxylic acid groups (broad SMARTS) is 1. The molecule has 0 aliphatic rings. The second-order valence-corrected chi connectivity index (χ2v) is 6.58. The van der Waals surface area contributed by atoms with Crippen LogP contribution in [0.3, 0.4) is 0 Å². The van der Waals surface area contributed by atoms with Gasteiger partial charge >= 0.3 is 5.97 Å². The first-order valence-electron chi connectivity index (χ1n) is 7.93. The van der Waals surface area contributed by atoms with E-state index in [1.807, 2.05) is 39.8 Å². The average molecular weight is 348 g/mol. The van der Waals surface area contributed by atoms with Gasteiger partial charge in [0.25, 0.3) is 0 Å². The Kier molecular flexibility index (Phi) is 5.19. The summed E-state index contributed by atoms with van der Waals surface area (Å²) in [6.45, 7) is 9.74. The summed E-state index contributed by atoms with van der Waals surface area (Å²) in [6, 6.07) is 5.53. The standard InChI is InChI=1S/C19H22ClNO3/c1-6-21-15(13(5)19(23)24)9-14(20)17(21)18(22)16-11(3)7-10(2)8-12(16)4/h7-9,13H,6H2,1-5H3,(H,23,24). The number of aliphatic carboxylic acids is 1. The molecular weight excluding hydrogens is 326 g/mol. The van der Waals surface area contributed by atoms with Crippen molar-refractivity contribution in [2.24, 2.45) is 0 Å². The van der Waals surface area contributed by atoms with Gasteiger partial charge in [-0.2, -0.15) is 0 Å². The molecule has 0 saturated heterocycles. The number of carbonyl (C=O) groups is 2. The van der Waals surface area contributed by atoms with Crippen LogP contribution in [0.4, 0.5) is 0 Å². The number of halogens is 1. The summed E-state index contributed by atoms with van der Waals surface area (Å²) in [6.07, 6.45) is 0. The molecule has 24 heavy (non-hydrogen) atoms. The Balaban J connectivity index is 2.65. The molecule has 0 aliphatic carbocycles. The fourth-order valence-corrected chi connectivity index (χ4v) is 3.55. The molecule has 1 aromatic carbocycles. The van der Waals surface area contributed by atoms with Crippen molar-refractivity contribution in [3.05, 3.63) is 56.9 Å². The minimum atomic E-state index is -0.944. The summed E-state index contributed by atoms with van der Waals surface area (Å²) in [4.78, 5) is 24.5. The molecule has 1 heterocycles. The van der Waals surface area contributed by atoms with Crippen LogP contribution in [0, 0.1) is 20.8 Å². The van der Waals surface area contributed by atoms with Crippen molar-refractivity contribution in [1.29, 1.82) is 0 Å². The molecule has 0 bridgehead atoms. The van der Waals surface area contributed by atoms with Gasteiger partial charge in [-0.05, 0) is 51.8 Å². The summed E-state index contributed by atoms with van der Waals surface area (Å²) < 4.78 is 1.71. The third-order valence-corrected chi connectivity index (χ3v) is 4.62. The lowest BCUT2D eigenvalue weighted by Gasteiger charge is -2.15. The number of nitrogens with zero attached hydrogens (tertiary/aromatic N) is 1. The molecule has 0 aliphatic heterocycles. The van der Waals surface area contributed by atoms with Gasteiger partial charge in [-0.15, -0.1) is 0 Å². The van der Waals surface area contributed by atoms with Gasteiger partial charge in [0.2, 0.25) is 5.78 Å². The molecule has 0 fully saturated rings. The SMILES string of the molecule is CCn1c(C(C)C(=O)O)cc(Cl)c1C(=O)c1c(C)cc(C)cc1C. The van der Waals surface area contributed by atoms with Gasteiger partial charge in [0.15, 0.2) is 0 Å². The zero-order chi connectivity index (χ0) is 18.2. The number of ketones is 1. The molecule has 1 N–H and O–H groups in total. The van der Waals surface area contributed by atoms with E-state index in [2.05, 4.69) is 0 Å². The summed E-state index contributed by atoms with van der Waals surface area (Å²) in [5.74, 6) is -1.84. The summed E-state index contributed by atoms with van der Waals surface area (Å²) in [7, 11) is 0. The van der Waals surface area contributed by atoms with Crippen molar-refractivity contribution in [2.75, 3.05) is 0 Å². The highest BCUT2D eigenvalue weighted by Gasteiger charge is 2.27. The van der Waals surface area contributed by atoms with Crippen molar-refractivity contribution in [1.82, 2.24) is 4.57 Å². The molecule has 5 heteroatoms. The molecule has 1 aromatic heterocycles. The minimum Gasteiger partial charge on any atom is -0.481 e. The van der Waals surface area contributed by atoms with Crippen LogP contribution in [0.5, 0.6) is 0 Å². The summed E-state index contributed by atoms with van der Waals surface area (Å²) >= 11 is 6.32. The van der Waals surface area contributed by atoms with Gasteiger partial charge in [-0.1, -0.05) is 29.3 Å². The number of benzene rings is 1. The van der Waals surface area contributed by atoms with Gasteiger partial charge in [-0.3, -0.25) is 9.59 Å². The van der Waals surface area contributed by atoms with Crippen LogP contribution >= 0.6 is 11.6 Å². The second kappa shape index (κ2) is 6.81. The van der Waals surface area contributed by atoms with Gasteiger partial charge in [-0.25, -0.2) is 0 Å². The van der Waals surface area contributed by atoms with Gasteiger partial charge in [0, 0.05) is 17.8 Å². The smallest absolute Gasteiger partial charge is 0.312 e. The largest absolute Gasteiger partial charge is 0.481 e. The van der Waals surface area contributed by atoms with Gasteiger partial charge in [0.1, 0.15) is 5.69 Å². The van der Waals surface area contributed by atoms with E-state index in [0.29, 0.717) is 28.5 Å². The van der Waals surface area contributed by atoms with E-state index >= 15 is 0 Å². The minimum absolute atomic E-state index is 0.166. The highest BCUT2D eigenvalue weighted by molar-refractivity contribution is 6.35. The Bertz CT molecular complexity index is 797. The molecule has 1 unspecified atom stereocenters. The first kappa shape index (κ1) is 18.3. The molecule has 4 nitrogen and oxygen atoms in total. The zero-order valence-electron chi connectivity index (χ0n) is 14.6. The third kappa shape index (κ3) is 3.11. The Hall–Kier alpha value is -2.07. The number of carboxylic acids is 1. The molecule has 0 radical (unpaired) electrons. The lowest BCUT2D eigenvalue weighted by atomic mass is 9.95. The quantitative estimate of drug-likeness (QED) is 0.810. The van der Waals surface area contributed by atoms with E-state index in [1.54, 1.807) is 17.6 Å². The molecule has 0 saturated carbocycles. The van der Waals surface area contributed by atoms with Crippen LogP contribution in [0.1, 0.15) is 58.2 Å². The predicted octanol–water partition coefficient (Wildman–Crippen LogP) is 4.51. The highest BCUT2D eigenvalue weighted by Crippen LogP contribution is 2.30. The maximum absolute atomic E-state index is 13.2. The van der Waals surface area contributed by atoms with Crippen molar-refractivity contribution in [2.45, 2.75) is 47.1 Å². The summed E-state index contributed by atoms with van der Waals surface area (Å²) in [5.41, 5.74) is 4.41. The molecule has 0 amide bonds. The van der Waals surface area contributed by atoms with E-state index in [4.69, 9.17) is 11.6 Å². The van der Waals surface area contributed by atoms with Crippen molar-refractivity contribution in [3.8, 4) is 0 Å². The van der Waals surface area contributed by atoms with E-state index < -0.39 is 11.9 Å². The fraction of sp³-hybridized carbons (Fsp3) is 0.368. The Morgan fingerprint density at radius 1 is 1.17 bits per heavy atom. The Labute approximate surface area is 147 Å². The third-order valence-electron chi connectivity index (χ3n) is 4.33. The fourth-order valence-electron chi connectivity index (χ4n) is 3.25. The van der Waals surface area contributed by atoms with Crippen LogP contribution in [0.25, 0.3) is 0 Å². The number of carbonyl (C=O) groups excluding carboxylic acids is 1. The maximum atomic E-state index is 13.2. The molecule has 128 valence electrons. The number of hydrogen-bond donors (Lipinski definition) is 1. The maximum Gasteiger partial charge on any atom is 0.312 e. The van der Waals surface area contributed by atoms with Gasteiger partial charge < -0.3 is 9.67 Å². The average Bonchev–Trinajstić information content (AvgIpc) is 2.81. The molecule has 2 aromatic rings. The van der Waals surface area contributed by atoms with Crippen LogP contribution < -0.4 is 0 Å². The van der Waals surface area contributed by atoms with Crippen molar-refractivity contribution >= 4 is 23.4 Å². The molecule has 0 spiro atoms. The Morgan fingerprint density at radius 3 is 2.17 bits per heavy atom. The van der Waals surface area contributed by atoms with Gasteiger partial charge in [0.05, 0.1) is 10.9 Å². The van der Waals surface area contributed by atoms with E-state index in [9.17, 15) is 14.7 Å². The number of rotatable bonds is 5. The van der Waals surface area contributed by atoms with Crippen molar-refractivity contribution in [3.63, 3.8) is 0 Å². The normalized spacial score (nSPS) is 12.2. The van der Waals surface area contributed by atoms with E-state index in [0.717, 1.165) is 16.7 Å². The second-order valence-electron chi connectivity index (χ2n) is 6.17. The molecule has 2 rings (SSSR count). The zero-order valence-corrected chi connectivity index (χ0v) is 15.4. The first-order chi connectivity index (χ1) is 11.2. The number of hydrogen-bond acceptors (Lipinski definition) is 2. The number of aryl methyl sites for hydroxylation is 3. The van der Waals surface area contributed by atoms with E-state index in [-0.39, 0.29) is 5.78 Å². The predicted molar refractivity (Wildman–Crippen MR) is 95.3 cm³/mol. The lowest BCUT2D eigenvalue weighted by molar-refractivity contribution is -0.138. The number of aromatic nitrogens is 1. The van der Waals surface area contributed by atoms with Crippen LogP contribution in [-0.2, 0) is 11.3 Å². The monoisotopic (exact) mass is 347 g/mol. The van der Waals surface area contributed by atoms with E-state index in [1.165, 1.54) is 0 Å². The topological polar surface area (TPSA) is 59.3 Å². The van der Waals surface area contributed by atoms with Crippen LogP contribution in [0.15, 0.2) is 18.2 Å². The lowest BCUT2D eigenvalue weighted by Crippen LogP contribution is -2.17. The van der Waals surface area contributed by atoms with Crippen molar-refractivity contribution < 1.29 is 14.7 Å². The highest BCUT2D eigenvalue weighted by atomic mass is 35.5. The molecular formula is C19H22ClNO3. The summed E-state index contributed by atoms with van der Waals surface area (Å²) in [5, 5.41) is 9.58. The first-order valence-corrected chi connectivity index (χ1v) is 8.31. The molecule has 1 atom stereocenters. The van der Waals surface area contributed by atoms with Crippen LogP contribution in [0.2, 0.25) is 5.02 Å². The Morgan fingerprint density at radius 2 is 1.71 bits per heavy atom. The van der Waals surface area contributed by atoms with Crippen LogP contribution in [-0.4, -0.2) is 21.4 Å².